The highest BCUT2D eigenvalue weighted by molar-refractivity contribution is 5.95. The third-order valence-electron chi connectivity index (χ3n) is 4.52. The maximum atomic E-state index is 12.6. The Labute approximate surface area is 142 Å². The average molecular weight is 319 g/mol. The lowest BCUT2D eigenvalue weighted by atomic mass is 10.1. The van der Waals surface area contributed by atoms with Crippen molar-refractivity contribution in [2.75, 3.05) is 26.2 Å². The molecule has 2 aromatic carbocycles. The van der Waals surface area contributed by atoms with Gasteiger partial charge in [0.25, 0.3) is 5.91 Å². The van der Waals surface area contributed by atoms with Crippen molar-refractivity contribution in [1.82, 2.24) is 9.80 Å². The Morgan fingerprint density at radius 2 is 1.71 bits per heavy atom. The Morgan fingerprint density at radius 3 is 2.33 bits per heavy atom. The lowest BCUT2D eigenvalue weighted by molar-refractivity contribution is 0.0628. The second kappa shape index (κ2) is 7.29. The van der Waals surface area contributed by atoms with E-state index in [0.29, 0.717) is 5.56 Å². The van der Waals surface area contributed by atoms with Crippen molar-refractivity contribution in [2.45, 2.75) is 13.5 Å². The Balaban J connectivity index is 1.56. The molecule has 1 saturated heterocycles. The zero-order chi connectivity index (χ0) is 16.9. The molecule has 4 heteroatoms. The van der Waals surface area contributed by atoms with Gasteiger partial charge in [0.1, 0.15) is 0 Å². The minimum atomic E-state index is 0.131. The monoisotopic (exact) mass is 319 g/mol. The van der Waals surface area contributed by atoms with E-state index in [4.69, 9.17) is 5.26 Å². The molecule has 0 atom stereocenters. The summed E-state index contributed by atoms with van der Waals surface area (Å²) in [4.78, 5) is 16.9. The summed E-state index contributed by atoms with van der Waals surface area (Å²) in [5.74, 6) is 0.131. The quantitative estimate of drug-likeness (QED) is 0.874. The highest BCUT2D eigenvalue weighted by Crippen LogP contribution is 2.14. The van der Waals surface area contributed by atoms with Gasteiger partial charge in [0.2, 0.25) is 0 Å². The fraction of sp³-hybridized carbons (Fsp3) is 0.300. The SMILES string of the molecule is Cc1ccccc1C(=O)N1CCN(Cc2ccc(C#N)cc2)CC1. The Bertz CT molecular complexity index is 753. The van der Waals surface area contributed by atoms with Crippen LogP contribution in [-0.2, 0) is 6.54 Å². The van der Waals surface area contributed by atoms with E-state index >= 15 is 0 Å². The normalized spacial score (nSPS) is 15.1. The maximum absolute atomic E-state index is 12.6. The first-order valence-electron chi connectivity index (χ1n) is 8.23. The van der Waals surface area contributed by atoms with Gasteiger partial charge in [0, 0.05) is 38.3 Å². The summed E-state index contributed by atoms with van der Waals surface area (Å²) in [6.45, 7) is 6.09. The molecule has 4 nitrogen and oxygen atoms in total. The molecular formula is C20H21N3O. The van der Waals surface area contributed by atoms with Crippen LogP contribution in [0.4, 0.5) is 0 Å². The molecule has 0 aromatic heterocycles. The van der Waals surface area contributed by atoms with Gasteiger partial charge in [-0.3, -0.25) is 9.69 Å². The predicted octanol–water partition coefficient (Wildman–Crippen LogP) is 2.82. The number of piperazine rings is 1. The minimum Gasteiger partial charge on any atom is -0.336 e. The van der Waals surface area contributed by atoms with E-state index in [1.165, 1.54) is 5.56 Å². The first-order valence-corrected chi connectivity index (χ1v) is 8.23. The number of nitriles is 1. The van der Waals surface area contributed by atoms with Crippen LogP contribution in [0.5, 0.6) is 0 Å². The van der Waals surface area contributed by atoms with Crippen LogP contribution >= 0.6 is 0 Å². The molecule has 0 saturated carbocycles. The highest BCUT2D eigenvalue weighted by atomic mass is 16.2. The molecule has 0 bridgehead atoms. The summed E-state index contributed by atoms with van der Waals surface area (Å²) in [6, 6.07) is 17.6. The third-order valence-corrected chi connectivity index (χ3v) is 4.52. The standard InChI is InChI=1S/C20H21N3O/c1-16-4-2-3-5-19(16)20(24)23-12-10-22(11-13-23)15-18-8-6-17(14-21)7-9-18/h2-9H,10-13,15H2,1H3. The smallest absolute Gasteiger partial charge is 0.254 e. The van der Waals surface area contributed by atoms with Gasteiger partial charge in [-0.1, -0.05) is 30.3 Å². The molecular weight excluding hydrogens is 298 g/mol. The largest absolute Gasteiger partial charge is 0.336 e. The van der Waals surface area contributed by atoms with E-state index in [9.17, 15) is 4.79 Å². The van der Waals surface area contributed by atoms with Crippen LogP contribution in [-0.4, -0.2) is 41.9 Å². The highest BCUT2D eigenvalue weighted by Gasteiger charge is 2.22. The number of carbonyl (C=O) groups excluding carboxylic acids is 1. The number of hydrogen-bond donors (Lipinski definition) is 0. The summed E-state index contributed by atoms with van der Waals surface area (Å²) in [5, 5.41) is 8.85. The van der Waals surface area contributed by atoms with Gasteiger partial charge in [-0.2, -0.15) is 5.26 Å². The second-order valence-electron chi connectivity index (χ2n) is 6.19. The summed E-state index contributed by atoms with van der Waals surface area (Å²) >= 11 is 0. The van der Waals surface area contributed by atoms with Crippen LogP contribution < -0.4 is 0 Å². The summed E-state index contributed by atoms with van der Waals surface area (Å²) in [5.41, 5.74) is 3.72. The van der Waals surface area contributed by atoms with Crippen LogP contribution in [0.15, 0.2) is 48.5 Å². The van der Waals surface area contributed by atoms with Crippen LogP contribution in [0.1, 0.15) is 27.0 Å². The second-order valence-corrected chi connectivity index (χ2v) is 6.19. The predicted molar refractivity (Wildman–Crippen MR) is 93.5 cm³/mol. The van der Waals surface area contributed by atoms with Crippen molar-refractivity contribution < 1.29 is 4.79 Å². The van der Waals surface area contributed by atoms with Crippen LogP contribution in [0, 0.1) is 18.3 Å². The van der Waals surface area contributed by atoms with Gasteiger partial charge < -0.3 is 4.90 Å². The van der Waals surface area contributed by atoms with Crippen molar-refractivity contribution in [3.63, 3.8) is 0 Å². The number of rotatable bonds is 3. The fourth-order valence-corrected chi connectivity index (χ4v) is 3.04. The van der Waals surface area contributed by atoms with E-state index in [1.54, 1.807) is 0 Å². The zero-order valence-electron chi connectivity index (χ0n) is 13.9. The van der Waals surface area contributed by atoms with E-state index in [1.807, 2.05) is 60.4 Å². The fourth-order valence-electron chi connectivity index (χ4n) is 3.04. The molecule has 1 heterocycles. The summed E-state index contributed by atoms with van der Waals surface area (Å²) < 4.78 is 0. The molecule has 0 aliphatic carbocycles. The molecule has 1 aliphatic heterocycles. The van der Waals surface area contributed by atoms with Gasteiger partial charge in [0.05, 0.1) is 11.6 Å². The number of nitrogens with zero attached hydrogens (tertiary/aromatic N) is 3. The maximum Gasteiger partial charge on any atom is 0.254 e. The van der Waals surface area contributed by atoms with Crippen molar-refractivity contribution >= 4 is 5.91 Å². The van der Waals surface area contributed by atoms with Gasteiger partial charge in [-0.05, 0) is 36.2 Å². The lowest BCUT2D eigenvalue weighted by Crippen LogP contribution is -2.48. The number of hydrogen-bond acceptors (Lipinski definition) is 3. The first kappa shape index (κ1) is 16.2. The molecule has 1 fully saturated rings. The molecule has 2 aromatic rings. The molecule has 0 N–H and O–H groups in total. The van der Waals surface area contributed by atoms with E-state index in [-0.39, 0.29) is 5.91 Å². The topological polar surface area (TPSA) is 47.3 Å². The molecule has 24 heavy (non-hydrogen) atoms. The number of amides is 1. The number of benzene rings is 2. The van der Waals surface area contributed by atoms with Crippen molar-refractivity contribution in [2.24, 2.45) is 0 Å². The molecule has 3 rings (SSSR count). The number of carbonyl (C=O) groups is 1. The van der Waals surface area contributed by atoms with Crippen molar-refractivity contribution in [1.29, 1.82) is 5.26 Å². The number of aryl methyl sites for hydroxylation is 1. The minimum absolute atomic E-state index is 0.131. The van der Waals surface area contributed by atoms with Gasteiger partial charge in [-0.25, -0.2) is 0 Å². The van der Waals surface area contributed by atoms with Crippen molar-refractivity contribution in [3.8, 4) is 6.07 Å². The molecule has 0 spiro atoms. The van der Waals surface area contributed by atoms with Crippen molar-refractivity contribution in [3.05, 3.63) is 70.8 Å². The molecule has 0 unspecified atom stereocenters. The zero-order valence-corrected chi connectivity index (χ0v) is 13.9. The summed E-state index contributed by atoms with van der Waals surface area (Å²) in [7, 11) is 0. The van der Waals surface area contributed by atoms with E-state index in [0.717, 1.165) is 43.9 Å². The Hall–Kier alpha value is -2.64. The van der Waals surface area contributed by atoms with Crippen LogP contribution in [0.25, 0.3) is 0 Å². The molecule has 0 radical (unpaired) electrons. The molecule has 122 valence electrons. The van der Waals surface area contributed by atoms with Gasteiger partial charge >= 0.3 is 0 Å². The van der Waals surface area contributed by atoms with E-state index in [2.05, 4.69) is 11.0 Å². The van der Waals surface area contributed by atoms with E-state index < -0.39 is 0 Å². The first-order chi connectivity index (χ1) is 11.7. The van der Waals surface area contributed by atoms with Gasteiger partial charge in [-0.15, -0.1) is 0 Å². The average Bonchev–Trinajstić information content (AvgIpc) is 2.63. The molecule has 1 amide bonds. The lowest BCUT2D eigenvalue weighted by Gasteiger charge is -2.35. The van der Waals surface area contributed by atoms with Crippen LogP contribution in [0.3, 0.4) is 0 Å². The Morgan fingerprint density at radius 1 is 1.04 bits per heavy atom. The van der Waals surface area contributed by atoms with Crippen LogP contribution in [0.2, 0.25) is 0 Å². The van der Waals surface area contributed by atoms with Gasteiger partial charge in [0.15, 0.2) is 0 Å². The third kappa shape index (κ3) is 3.64. The molecule has 1 aliphatic rings. The summed E-state index contributed by atoms with van der Waals surface area (Å²) in [6.07, 6.45) is 0. The Kier molecular flexibility index (Phi) is 4.93.